The van der Waals surface area contributed by atoms with Gasteiger partial charge in [0.15, 0.2) is 0 Å². The summed E-state index contributed by atoms with van der Waals surface area (Å²) in [5.41, 5.74) is 2.47. The van der Waals surface area contributed by atoms with E-state index < -0.39 is 0 Å². The molecule has 1 aliphatic rings. The molecule has 2 unspecified atom stereocenters. The van der Waals surface area contributed by atoms with Crippen molar-refractivity contribution in [2.45, 2.75) is 38.3 Å². The summed E-state index contributed by atoms with van der Waals surface area (Å²) >= 11 is 0. The molecule has 0 radical (unpaired) electrons. The summed E-state index contributed by atoms with van der Waals surface area (Å²) in [6.45, 7) is 3.27. The number of rotatable bonds is 6. The Hall–Kier alpha value is -2.08. The summed E-state index contributed by atoms with van der Waals surface area (Å²) in [6, 6.07) is 8.09. The minimum absolute atomic E-state index is 0.0908. The lowest BCUT2D eigenvalue weighted by Gasteiger charge is -2.28. The zero-order valence-corrected chi connectivity index (χ0v) is 15.7. The molecule has 2 rings (SSSR count). The van der Waals surface area contributed by atoms with Crippen LogP contribution in [-0.4, -0.2) is 62.0 Å². The number of nitrogens with zero attached hydrogens (tertiary/aromatic N) is 2. The van der Waals surface area contributed by atoms with Gasteiger partial charge in [0, 0.05) is 20.1 Å². The number of carbonyl (C=O) groups is 2. The van der Waals surface area contributed by atoms with Gasteiger partial charge in [0.05, 0.1) is 6.04 Å². The van der Waals surface area contributed by atoms with Gasteiger partial charge in [-0.1, -0.05) is 31.2 Å². The Morgan fingerprint density at radius 1 is 1.28 bits per heavy atom. The molecule has 1 aliphatic heterocycles. The van der Waals surface area contributed by atoms with Crippen LogP contribution in [0.2, 0.25) is 0 Å². The monoisotopic (exact) mass is 346 g/mol. The molecule has 1 saturated heterocycles. The maximum Gasteiger partial charge on any atom is 0.318 e. The average Bonchev–Trinajstić information content (AvgIpc) is 3.11. The number of hydrogen-bond acceptors (Lipinski definition) is 3. The van der Waals surface area contributed by atoms with Crippen molar-refractivity contribution >= 4 is 11.9 Å². The van der Waals surface area contributed by atoms with E-state index in [0.717, 1.165) is 19.3 Å². The molecule has 0 aliphatic carbocycles. The van der Waals surface area contributed by atoms with E-state index in [1.807, 2.05) is 14.1 Å². The Labute approximate surface area is 150 Å². The van der Waals surface area contributed by atoms with Crippen LogP contribution in [0.25, 0.3) is 0 Å². The Morgan fingerprint density at radius 3 is 2.52 bits per heavy atom. The second-order valence-electron chi connectivity index (χ2n) is 6.73. The SMILES string of the molecule is CCc1ccc(C(CNC(=O)N2CCCC2C(=O)NC)N(C)C)cc1. The first kappa shape index (κ1) is 19.2. The summed E-state index contributed by atoms with van der Waals surface area (Å²) in [4.78, 5) is 28.2. The van der Waals surface area contributed by atoms with Gasteiger partial charge in [0.2, 0.25) is 5.91 Å². The number of hydrogen-bond donors (Lipinski definition) is 2. The van der Waals surface area contributed by atoms with Crippen LogP contribution in [0.5, 0.6) is 0 Å². The maximum absolute atomic E-state index is 12.6. The van der Waals surface area contributed by atoms with Gasteiger partial charge in [-0.2, -0.15) is 0 Å². The molecule has 2 N–H and O–H groups in total. The number of benzene rings is 1. The van der Waals surface area contributed by atoms with E-state index in [-0.39, 0.29) is 24.0 Å². The lowest BCUT2D eigenvalue weighted by Crippen LogP contribution is -2.50. The zero-order valence-electron chi connectivity index (χ0n) is 15.7. The molecular weight excluding hydrogens is 316 g/mol. The second kappa shape index (κ2) is 8.85. The van der Waals surface area contributed by atoms with Crippen LogP contribution in [0.15, 0.2) is 24.3 Å². The van der Waals surface area contributed by atoms with Crippen molar-refractivity contribution in [3.63, 3.8) is 0 Å². The van der Waals surface area contributed by atoms with Gasteiger partial charge >= 0.3 is 6.03 Å². The first-order chi connectivity index (χ1) is 12.0. The third-order valence-electron chi connectivity index (χ3n) is 4.91. The standard InChI is InChI=1S/C19H30N4O2/c1-5-14-8-10-15(11-9-14)17(22(3)4)13-21-19(25)23-12-6-7-16(23)18(24)20-2/h8-11,16-17H,5-7,12-13H2,1-4H3,(H,20,24)(H,21,25). The lowest BCUT2D eigenvalue weighted by atomic mass is 10.0. The molecule has 6 nitrogen and oxygen atoms in total. The molecule has 1 heterocycles. The molecule has 0 aromatic heterocycles. The number of carbonyl (C=O) groups excluding carboxylic acids is 2. The molecule has 6 heteroatoms. The number of likely N-dealkylation sites (tertiary alicyclic amines) is 1. The summed E-state index contributed by atoms with van der Waals surface area (Å²) in [5, 5.41) is 5.65. The van der Waals surface area contributed by atoms with Crippen molar-refractivity contribution in [2.24, 2.45) is 0 Å². The van der Waals surface area contributed by atoms with Crippen LogP contribution in [0, 0.1) is 0 Å². The van der Waals surface area contributed by atoms with Gasteiger partial charge in [0.1, 0.15) is 6.04 Å². The zero-order chi connectivity index (χ0) is 18.4. The topological polar surface area (TPSA) is 64.7 Å². The maximum atomic E-state index is 12.6. The molecule has 1 aromatic carbocycles. The Kier molecular flexibility index (Phi) is 6.82. The van der Waals surface area contributed by atoms with Crippen molar-refractivity contribution < 1.29 is 9.59 Å². The molecule has 0 bridgehead atoms. The predicted molar refractivity (Wildman–Crippen MR) is 99.4 cm³/mol. The average molecular weight is 346 g/mol. The highest BCUT2D eigenvalue weighted by Gasteiger charge is 2.33. The van der Waals surface area contributed by atoms with Crippen LogP contribution < -0.4 is 10.6 Å². The third kappa shape index (κ3) is 4.72. The second-order valence-corrected chi connectivity index (χ2v) is 6.73. The summed E-state index contributed by atoms with van der Waals surface area (Å²) in [7, 11) is 5.63. The molecule has 2 atom stereocenters. The highest BCUT2D eigenvalue weighted by molar-refractivity contribution is 5.87. The van der Waals surface area contributed by atoms with E-state index in [4.69, 9.17) is 0 Å². The molecule has 1 fully saturated rings. The number of amides is 3. The predicted octanol–water partition coefficient (Wildman–Crippen LogP) is 1.77. The van der Waals surface area contributed by atoms with E-state index >= 15 is 0 Å². The van der Waals surface area contributed by atoms with Crippen LogP contribution in [0.3, 0.4) is 0 Å². The summed E-state index contributed by atoms with van der Waals surface area (Å²) < 4.78 is 0. The van der Waals surface area contributed by atoms with Crippen molar-refractivity contribution in [3.8, 4) is 0 Å². The summed E-state index contributed by atoms with van der Waals surface area (Å²) in [6.07, 6.45) is 2.60. The fourth-order valence-corrected chi connectivity index (χ4v) is 3.31. The van der Waals surface area contributed by atoms with E-state index in [1.165, 1.54) is 11.1 Å². The minimum atomic E-state index is -0.355. The number of likely N-dealkylation sites (N-methyl/N-ethyl adjacent to an activating group) is 2. The molecular formula is C19H30N4O2. The fourth-order valence-electron chi connectivity index (χ4n) is 3.31. The van der Waals surface area contributed by atoms with Gasteiger partial charge in [-0.3, -0.25) is 4.79 Å². The fraction of sp³-hybridized carbons (Fsp3) is 0.579. The van der Waals surface area contributed by atoms with E-state index in [9.17, 15) is 9.59 Å². The van der Waals surface area contributed by atoms with Crippen LogP contribution >= 0.6 is 0 Å². The van der Waals surface area contributed by atoms with Crippen molar-refractivity contribution in [1.82, 2.24) is 20.4 Å². The molecule has 0 spiro atoms. The van der Waals surface area contributed by atoms with Crippen LogP contribution in [0.4, 0.5) is 4.79 Å². The molecule has 138 valence electrons. The minimum Gasteiger partial charge on any atom is -0.357 e. The van der Waals surface area contributed by atoms with Crippen molar-refractivity contribution in [2.75, 3.05) is 34.2 Å². The first-order valence-electron chi connectivity index (χ1n) is 8.99. The summed E-state index contributed by atoms with van der Waals surface area (Å²) in [5.74, 6) is -0.0908. The molecule has 0 saturated carbocycles. The number of urea groups is 1. The largest absolute Gasteiger partial charge is 0.357 e. The Balaban J connectivity index is 2.00. The first-order valence-corrected chi connectivity index (χ1v) is 8.99. The van der Waals surface area contributed by atoms with Crippen molar-refractivity contribution in [1.29, 1.82) is 0 Å². The van der Waals surface area contributed by atoms with Gasteiger partial charge in [-0.25, -0.2) is 4.79 Å². The van der Waals surface area contributed by atoms with Gasteiger partial charge in [-0.05, 0) is 44.5 Å². The Morgan fingerprint density at radius 2 is 1.96 bits per heavy atom. The van der Waals surface area contributed by atoms with E-state index in [1.54, 1.807) is 11.9 Å². The van der Waals surface area contributed by atoms with E-state index in [0.29, 0.717) is 13.1 Å². The molecule has 25 heavy (non-hydrogen) atoms. The van der Waals surface area contributed by atoms with Gasteiger partial charge in [-0.15, -0.1) is 0 Å². The number of nitrogens with one attached hydrogen (secondary N) is 2. The van der Waals surface area contributed by atoms with Crippen molar-refractivity contribution in [3.05, 3.63) is 35.4 Å². The molecule has 1 aromatic rings. The quantitative estimate of drug-likeness (QED) is 0.825. The smallest absolute Gasteiger partial charge is 0.318 e. The highest BCUT2D eigenvalue weighted by atomic mass is 16.2. The van der Waals surface area contributed by atoms with Gasteiger partial charge < -0.3 is 20.4 Å². The van der Waals surface area contributed by atoms with E-state index in [2.05, 4.69) is 46.7 Å². The van der Waals surface area contributed by atoms with Crippen LogP contribution in [0.1, 0.15) is 36.9 Å². The highest BCUT2D eigenvalue weighted by Crippen LogP contribution is 2.20. The number of aryl methyl sites for hydroxylation is 1. The third-order valence-corrected chi connectivity index (χ3v) is 4.91. The normalized spacial score (nSPS) is 18.3. The lowest BCUT2D eigenvalue weighted by molar-refractivity contribution is -0.124. The van der Waals surface area contributed by atoms with Gasteiger partial charge in [0.25, 0.3) is 0 Å². The Bertz CT molecular complexity index is 586. The van der Waals surface area contributed by atoms with Crippen LogP contribution in [-0.2, 0) is 11.2 Å². The molecule has 3 amide bonds.